The van der Waals surface area contributed by atoms with E-state index in [2.05, 4.69) is 61.9 Å². The van der Waals surface area contributed by atoms with Crippen molar-refractivity contribution in [2.24, 2.45) is 5.92 Å². The molecule has 0 radical (unpaired) electrons. The summed E-state index contributed by atoms with van der Waals surface area (Å²) in [6.07, 6.45) is 4.33. The molecule has 2 aromatic rings. The maximum Gasteiger partial charge on any atom is 0.318 e. The molecule has 2 aliphatic heterocycles. The summed E-state index contributed by atoms with van der Waals surface area (Å²) in [6.45, 7) is 10.4. The van der Waals surface area contributed by atoms with E-state index in [9.17, 15) is 9.18 Å². The lowest BCUT2D eigenvalue weighted by Gasteiger charge is -2.36. The summed E-state index contributed by atoms with van der Waals surface area (Å²) in [5.41, 5.74) is 1.00. The van der Waals surface area contributed by atoms with E-state index in [4.69, 9.17) is 0 Å². The number of rotatable bonds is 6. The number of halogens is 1. The third-order valence-corrected chi connectivity index (χ3v) is 7.52. The SMILES string of the molecule is C[C@H]1CN(C)C(C)(CNC(=O)N2Cc3c(Nc4nc(NC5CC5)ncc4F)n[nH]c3C2(C)C)C1. The lowest BCUT2D eigenvalue weighted by atomic mass is 9.95. The monoisotopic (exact) mass is 471 g/mol. The first-order chi connectivity index (χ1) is 16.1. The Bertz CT molecular complexity index is 1100. The molecule has 0 bridgehead atoms. The largest absolute Gasteiger partial charge is 0.351 e. The van der Waals surface area contributed by atoms with Crippen LogP contribution < -0.4 is 16.0 Å². The van der Waals surface area contributed by atoms with Crippen LogP contribution in [0.2, 0.25) is 0 Å². The smallest absolute Gasteiger partial charge is 0.318 e. The minimum absolute atomic E-state index is 0.0551. The molecule has 2 aromatic heterocycles. The molecule has 4 heterocycles. The highest BCUT2D eigenvalue weighted by molar-refractivity contribution is 5.77. The number of carbonyl (C=O) groups is 1. The number of aromatic nitrogens is 4. The van der Waals surface area contributed by atoms with Gasteiger partial charge in [-0.1, -0.05) is 6.92 Å². The van der Waals surface area contributed by atoms with E-state index in [0.717, 1.165) is 43.3 Å². The topological polar surface area (TPSA) is 114 Å². The quantitative estimate of drug-likeness (QED) is 0.512. The zero-order chi connectivity index (χ0) is 24.3. The molecule has 2 amide bonds. The number of carbonyl (C=O) groups excluding carboxylic acids is 1. The Morgan fingerprint density at radius 3 is 2.74 bits per heavy atom. The molecule has 1 saturated heterocycles. The third-order valence-electron chi connectivity index (χ3n) is 7.52. The molecule has 1 unspecified atom stereocenters. The Balaban J connectivity index is 1.30. The van der Waals surface area contributed by atoms with Crippen molar-refractivity contribution in [1.29, 1.82) is 0 Å². The zero-order valence-corrected chi connectivity index (χ0v) is 20.5. The number of likely N-dealkylation sites (N-methyl/N-ethyl adjacent to an activating group) is 1. The van der Waals surface area contributed by atoms with Gasteiger partial charge in [0.25, 0.3) is 0 Å². The van der Waals surface area contributed by atoms with Crippen molar-refractivity contribution in [2.75, 3.05) is 30.8 Å². The van der Waals surface area contributed by atoms with Gasteiger partial charge in [-0.15, -0.1) is 0 Å². The number of nitrogens with one attached hydrogen (secondary N) is 4. The van der Waals surface area contributed by atoms with E-state index in [1.54, 1.807) is 4.90 Å². The van der Waals surface area contributed by atoms with Crippen molar-refractivity contribution in [3.8, 4) is 0 Å². The normalized spacial score (nSPS) is 25.9. The average Bonchev–Trinajstić information content (AvgIpc) is 3.34. The number of H-pyrrole nitrogens is 1. The number of anilines is 3. The fourth-order valence-electron chi connectivity index (χ4n) is 5.22. The fourth-order valence-corrected chi connectivity index (χ4v) is 5.22. The van der Waals surface area contributed by atoms with Crippen LogP contribution in [0.25, 0.3) is 0 Å². The summed E-state index contributed by atoms with van der Waals surface area (Å²) in [5, 5.41) is 16.7. The van der Waals surface area contributed by atoms with E-state index in [1.165, 1.54) is 0 Å². The average molecular weight is 472 g/mol. The molecule has 34 heavy (non-hydrogen) atoms. The number of nitrogens with zero attached hydrogens (tertiary/aromatic N) is 5. The Morgan fingerprint density at radius 2 is 2.06 bits per heavy atom. The van der Waals surface area contributed by atoms with Gasteiger partial charge in [0.05, 0.1) is 24.0 Å². The molecular formula is C23H34FN9O. The van der Waals surface area contributed by atoms with Gasteiger partial charge in [0.1, 0.15) is 0 Å². The Morgan fingerprint density at radius 1 is 1.29 bits per heavy atom. The highest BCUT2D eigenvalue weighted by atomic mass is 19.1. The van der Waals surface area contributed by atoms with Gasteiger partial charge in [-0.3, -0.25) is 10.00 Å². The van der Waals surface area contributed by atoms with Crippen molar-refractivity contribution in [1.82, 2.24) is 35.3 Å². The molecule has 10 nitrogen and oxygen atoms in total. The fraction of sp³-hybridized carbons (Fsp3) is 0.652. The lowest BCUT2D eigenvalue weighted by Crippen LogP contribution is -2.53. The van der Waals surface area contributed by atoms with E-state index in [0.29, 0.717) is 36.8 Å². The first-order valence-corrected chi connectivity index (χ1v) is 12.0. The van der Waals surface area contributed by atoms with Crippen molar-refractivity contribution in [2.45, 2.75) is 70.6 Å². The van der Waals surface area contributed by atoms with Crippen LogP contribution in [0.3, 0.4) is 0 Å². The summed E-state index contributed by atoms with van der Waals surface area (Å²) >= 11 is 0. The maximum atomic E-state index is 14.4. The van der Waals surface area contributed by atoms with Crippen molar-refractivity contribution < 1.29 is 9.18 Å². The molecule has 4 N–H and O–H groups in total. The van der Waals surface area contributed by atoms with E-state index in [1.807, 2.05) is 13.8 Å². The molecule has 3 aliphatic rings. The minimum Gasteiger partial charge on any atom is -0.351 e. The van der Waals surface area contributed by atoms with E-state index < -0.39 is 11.4 Å². The summed E-state index contributed by atoms with van der Waals surface area (Å²) in [5.74, 6) is 0.952. The molecule has 1 aliphatic carbocycles. The van der Waals surface area contributed by atoms with Gasteiger partial charge < -0.3 is 20.9 Å². The van der Waals surface area contributed by atoms with E-state index >= 15 is 0 Å². The second-order valence-corrected chi connectivity index (χ2v) is 10.9. The molecule has 2 fully saturated rings. The molecule has 11 heteroatoms. The summed E-state index contributed by atoms with van der Waals surface area (Å²) in [7, 11) is 2.11. The summed E-state index contributed by atoms with van der Waals surface area (Å²) in [4.78, 5) is 25.7. The van der Waals surface area contributed by atoms with Crippen LogP contribution in [0.15, 0.2) is 6.20 Å². The molecule has 2 atom stereocenters. The number of hydrogen-bond donors (Lipinski definition) is 4. The number of fused-ring (bicyclic) bond motifs is 1. The lowest BCUT2D eigenvalue weighted by molar-refractivity contribution is 0.132. The molecule has 0 aromatic carbocycles. The Hall–Kier alpha value is -2.95. The van der Waals surface area contributed by atoms with Crippen LogP contribution in [0.5, 0.6) is 0 Å². The van der Waals surface area contributed by atoms with Gasteiger partial charge in [0.2, 0.25) is 5.95 Å². The molecule has 5 rings (SSSR count). The van der Waals surface area contributed by atoms with Gasteiger partial charge in [-0.05, 0) is 53.0 Å². The Kier molecular flexibility index (Phi) is 5.42. The van der Waals surface area contributed by atoms with Gasteiger partial charge in [-0.25, -0.2) is 14.2 Å². The first-order valence-electron chi connectivity index (χ1n) is 12.0. The van der Waals surface area contributed by atoms with Crippen molar-refractivity contribution in [3.63, 3.8) is 0 Å². The number of likely N-dealkylation sites (tertiary alicyclic amines) is 1. The first kappa shape index (κ1) is 22.8. The predicted molar refractivity (Wildman–Crippen MR) is 127 cm³/mol. The molecule has 184 valence electrons. The molecular weight excluding hydrogens is 437 g/mol. The number of urea groups is 1. The summed E-state index contributed by atoms with van der Waals surface area (Å²) in [6, 6.07) is 0.231. The molecule has 0 spiro atoms. The van der Waals surface area contributed by atoms with Crippen LogP contribution in [0.4, 0.5) is 26.8 Å². The van der Waals surface area contributed by atoms with Crippen LogP contribution in [0, 0.1) is 11.7 Å². The highest BCUT2D eigenvalue weighted by Crippen LogP contribution is 2.41. The standard InChI is InChI=1S/C23H34FN9O/c1-13-8-23(4,32(5)10-13)12-26-21(34)33-11-15-17(22(33,2)3)30-31-18(15)28-19-16(24)9-25-20(29-19)27-14-6-7-14/h9,13-14H,6-8,10-12H2,1-5H3,(H,26,34)(H3,25,27,28,29,30,31)/t13-,23?/m1/s1. The van der Waals surface area contributed by atoms with Crippen molar-refractivity contribution in [3.05, 3.63) is 23.3 Å². The van der Waals surface area contributed by atoms with Gasteiger partial charge in [0.15, 0.2) is 17.5 Å². The van der Waals surface area contributed by atoms with Crippen LogP contribution in [0.1, 0.15) is 58.2 Å². The number of hydrogen-bond acceptors (Lipinski definition) is 7. The number of amides is 2. The third kappa shape index (κ3) is 4.06. The maximum absolute atomic E-state index is 14.4. The Labute approximate surface area is 199 Å². The molecule has 1 saturated carbocycles. The second kappa shape index (κ2) is 8.07. The van der Waals surface area contributed by atoms with Gasteiger partial charge in [-0.2, -0.15) is 10.1 Å². The van der Waals surface area contributed by atoms with Crippen molar-refractivity contribution >= 4 is 23.6 Å². The highest BCUT2D eigenvalue weighted by Gasteiger charge is 2.45. The van der Waals surface area contributed by atoms with Gasteiger partial charge >= 0.3 is 6.03 Å². The van der Waals surface area contributed by atoms with Crippen LogP contribution in [-0.2, 0) is 12.1 Å². The second-order valence-electron chi connectivity index (χ2n) is 10.9. The van der Waals surface area contributed by atoms with E-state index in [-0.39, 0.29) is 17.4 Å². The van der Waals surface area contributed by atoms with Crippen LogP contribution >= 0.6 is 0 Å². The number of aromatic amines is 1. The van der Waals surface area contributed by atoms with Gasteiger partial charge in [0, 0.05) is 30.2 Å². The van der Waals surface area contributed by atoms with Crippen LogP contribution in [-0.4, -0.2) is 67.7 Å². The predicted octanol–water partition coefficient (Wildman–Crippen LogP) is 3.15. The minimum atomic E-state index is -0.592. The summed E-state index contributed by atoms with van der Waals surface area (Å²) < 4.78 is 14.4. The zero-order valence-electron chi connectivity index (χ0n) is 20.5.